The van der Waals surface area contributed by atoms with Crippen LogP contribution in [0.4, 0.5) is 10.1 Å². The maximum atomic E-state index is 13.2. The summed E-state index contributed by atoms with van der Waals surface area (Å²) < 4.78 is 13.2. The van der Waals surface area contributed by atoms with Gasteiger partial charge in [0.25, 0.3) is 0 Å². The fraction of sp³-hybridized carbons (Fsp3) is 0.538. The van der Waals surface area contributed by atoms with E-state index in [1.165, 1.54) is 6.07 Å². The lowest BCUT2D eigenvalue weighted by Gasteiger charge is -2.37. The number of benzene rings is 1. The molecule has 1 aliphatic heterocycles. The summed E-state index contributed by atoms with van der Waals surface area (Å²) in [6.07, 6.45) is 0.983. The Hall–Kier alpha value is -1.09. The molecule has 1 aliphatic rings. The molecule has 1 heterocycles. The molecule has 2 rings (SSSR count). The molecule has 1 fully saturated rings. The summed E-state index contributed by atoms with van der Waals surface area (Å²) in [7, 11) is 0. The van der Waals surface area contributed by atoms with Gasteiger partial charge in [-0.3, -0.25) is 0 Å². The summed E-state index contributed by atoms with van der Waals surface area (Å²) in [5.41, 5.74) is 8.13. The van der Waals surface area contributed by atoms with Gasteiger partial charge in [0.05, 0.1) is 0 Å². The fourth-order valence-electron chi connectivity index (χ4n) is 2.31. The molecule has 2 unspecified atom stereocenters. The summed E-state index contributed by atoms with van der Waals surface area (Å²) in [5.74, 6) is 0.305. The lowest BCUT2D eigenvalue weighted by molar-refractivity contribution is 0.382. The second-order valence-corrected chi connectivity index (χ2v) is 4.81. The van der Waals surface area contributed by atoms with Crippen LogP contribution in [0.1, 0.15) is 18.9 Å². The minimum absolute atomic E-state index is 0.164. The number of halogens is 1. The number of nitrogens with zero attached hydrogens (tertiary/aromatic N) is 1. The Morgan fingerprint density at radius 1 is 1.44 bits per heavy atom. The van der Waals surface area contributed by atoms with Crippen LogP contribution in [-0.4, -0.2) is 19.1 Å². The first-order valence-corrected chi connectivity index (χ1v) is 5.84. The minimum atomic E-state index is -0.164. The number of hydrogen-bond acceptors (Lipinski definition) is 2. The Labute approximate surface area is 96.2 Å². The predicted molar refractivity (Wildman–Crippen MR) is 65.1 cm³/mol. The first-order chi connectivity index (χ1) is 7.58. The number of piperidine rings is 1. The van der Waals surface area contributed by atoms with E-state index in [1.807, 2.05) is 13.0 Å². The van der Waals surface area contributed by atoms with E-state index in [2.05, 4.69) is 11.8 Å². The van der Waals surface area contributed by atoms with Crippen molar-refractivity contribution in [1.29, 1.82) is 0 Å². The van der Waals surface area contributed by atoms with Gasteiger partial charge in [-0.2, -0.15) is 0 Å². The van der Waals surface area contributed by atoms with Gasteiger partial charge in [0.2, 0.25) is 0 Å². The van der Waals surface area contributed by atoms with E-state index in [9.17, 15) is 4.39 Å². The molecule has 16 heavy (non-hydrogen) atoms. The van der Waals surface area contributed by atoms with Gasteiger partial charge in [0.1, 0.15) is 5.82 Å². The van der Waals surface area contributed by atoms with Crippen LogP contribution in [0.15, 0.2) is 18.2 Å². The van der Waals surface area contributed by atoms with E-state index in [-0.39, 0.29) is 11.9 Å². The van der Waals surface area contributed by atoms with Crippen LogP contribution < -0.4 is 10.6 Å². The zero-order valence-electron chi connectivity index (χ0n) is 9.91. The SMILES string of the molecule is Cc1ccc(F)cc1N1CCC(N)C(C)C1. The van der Waals surface area contributed by atoms with Gasteiger partial charge in [-0.1, -0.05) is 13.0 Å². The Morgan fingerprint density at radius 3 is 2.88 bits per heavy atom. The second kappa shape index (κ2) is 4.42. The van der Waals surface area contributed by atoms with Gasteiger partial charge in [-0.15, -0.1) is 0 Å². The second-order valence-electron chi connectivity index (χ2n) is 4.81. The van der Waals surface area contributed by atoms with Gasteiger partial charge in [0.15, 0.2) is 0 Å². The number of nitrogens with two attached hydrogens (primary N) is 1. The molecule has 0 saturated carbocycles. The van der Waals surface area contributed by atoms with Gasteiger partial charge in [-0.25, -0.2) is 4.39 Å². The Morgan fingerprint density at radius 2 is 2.19 bits per heavy atom. The van der Waals surface area contributed by atoms with E-state index in [1.54, 1.807) is 6.07 Å². The Balaban J connectivity index is 2.21. The molecule has 2 atom stereocenters. The van der Waals surface area contributed by atoms with E-state index in [0.29, 0.717) is 5.92 Å². The molecular formula is C13H19FN2. The summed E-state index contributed by atoms with van der Waals surface area (Å²) in [5, 5.41) is 0. The van der Waals surface area contributed by atoms with Crippen LogP contribution in [0, 0.1) is 18.7 Å². The molecule has 3 heteroatoms. The van der Waals surface area contributed by atoms with Crippen LogP contribution in [-0.2, 0) is 0 Å². The lowest BCUT2D eigenvalue weighted by atomic mass is 9.94. The highest BCUT2D eigenvalue weighted by atomic mass is 19.1. The molecule has 0 aliphatic carbocycles. The maximum Gasteiger partial charge on any atom is 0.125 e. The van der Waals surface area contributed by atoms with Crippen molar-refractivity contribution in [2.45, 2.75) is 26.3 Å². The van der Waals surface area contributed by atoms with Crippen molar-refractivity contribution in [3.63, 3.8) is 0 Å². The quantitative estimate of drug-likeness (QED) is 0.790. The molecule has 1 aromatic carbocycles. The van der Waals surface area contributed by atoms with E-state index in [4.69, 9.17) is 5.73 Å². The summed E-state index contributed by atoms with van der Waals surface area (Å²) in [6.45, 7) is 6.03. The normalized spacial score (nSPS) is 25.9. The smallest absolute Gasteiger partial charge is 0.125 e. The third kappa shape index (κ3) is 2.19. The van der Waals surface area contributed by atoms with E-state index < -0.39 is 0 Å². The van der Waals surface area contributed by atoms with Crippen LogP contribution in [0.2, 0.25) is 0 Å². The highest BCUT2D eigenvalue weighted by Gasteiger charge is 2.24. The van der Waals surface area contributed by atoms with Crippen LogP contribution in [0.25, 0.3) is 0 Å². The number of aryl methyl sites for hydroxylation is 1. The van der Waals surface area contributed by atoms with E-state index in [0.717, 1.165) is 30.8 Å². The van der Waals surface area contributed by atoms with Gasteiger partial charge >= 0.3 is 0 Å². The first kappa shape index (κ1) is 11.4. The maximum absolute atomic E-state index is 13.2. The summed E-state index contributed by atoms with van der Waals surface area (Å²) in [4.78, 5) is 2.24. The number of rotatable bonds is 1. The van der Waals surface area contributed by atoms with Crippen molar-refractivity contribution < 1.29 is 4.39 Å². The standard InChI is InChI=1S/C13H19FN2/c1-9-3-4-11(14)7-13(9)16-6-5-12(15)10(2)8-16/h3-4,7,10,12H,5-6,8,15H2,1-2H3. The molecule has 0 amide bonds. The third-order valence-corrected chi connectivity index (χ3v) is 3.48. The van der Waals surface area contributed by atoms with Crippen LogP contribution in [0.3, 0.4) is 0 Å². The zero-order chi connectivity index (χ0) is 11.7. The van der Waals surface area contributed by atoms with Crippen molar-refractivity contribution in [1.82, 2.24) is 0 Å². The summed E-state index contributed by atoms with van der Waals surface area (Å²) in [6, 6.07) is 5.26. The molecule has 0 spiro atoms. The Bertz CT molecular complexity index is 378. The number of anilines is 1. The third-order valence-electron chi connectivity index (χ3n) is 3.48. The molecule has 0 bridgehead atoms. The van der Waals surface area contributed by atoms with Crippen molar-refractivity contribution >= 4 is 5.69 Å². The van der Waals surface area contributed by atoms with Crippen LogP contribution >= 0.6 is 0 Å². The topological polar surface area (TPSA) is 29.3 Å². The van der Waals surface area contributed by atoms with Crippen LogP contribution in [0.5, 0.6) is 0 Å². The largest absolute Gasteiger partial charge is 0.371 e. The van der Waals surface area contributed by atoms with Crippen molar-refractivity contribution in [2.24, 2.45) is 11.7 Å². The molecule has 1 saturated heterocycles. The van der Waals surface area contributed by atoms with Crippen molar-refractivity contribution in [3.05, 3.63) is 29.6 Å². The van der Waals surface area contributed by atoms with Crippen molar-refractivity contribution in [3.8, 4) is 0 Å². The Kier molecular flexibility index (Phi) is 3.15. The van der Waals surface area contributed by atoms with Gasteiger partial charge in [0, 0.05) is 24.8 Å². The molecule has 1 aromatic rings. The molecule has 2 N–H and O–H groups in total. The average Bonchev–Trinajstić information content (AvgIpc) is 2.26. The monoisotopic (exact) mass is 222 g/mol. The highest BCUT2D eigenvalue weighted by molar-refractivity contribution is 5.53. The molecule has 0 aromatic heterocycles. The average molecular weight is 222 g/mol. The molecule has 2 nitrogen and oxygen atoms in total. The van der Waals surface area contributed by atoms with Gasteiger partial charge in [-0.05, 0) is 37.0 Å². The zero-order valence-corrected chi connectivity index (χ0v) is 9.91. The van der Waals surface area contributed by atoms with Gasteiger partial charge < -0.3 is 10.6 Å². The summed E-state index contributed by atoms with van der Waals surface area (Å²) >= 11 is 0. The lowest BCUT2D eigenvalue weighted by Crippen LogP contribution is -2.46. The minimum Gasteiger partial charge on any atom is -0.371 e. The van der Waals surface area contributed by atoms with Crippen molar-refractivity contribution in [2.75, 3.05) is 18.0 Å². The molecule has 0 radical (unpaired) electrons. The molecular weight excluding hydrogens is 203 g/mol. The highest BCUT2D eigenvalue weighted by Crippen LogP contribution is 2.26. The van der Waals surface area contributed by atoms with E-state index >= 15 is 0 Å². The number of hydrogen-bond donors (Lipinski definition) is 1. The first-order valence-electron chi connectivity index (χ1n) is 5.84. The fourth-order valence-corrected chi connectivity index (χ4v) is 2.31. The molecule has 88 valence electrons. The predicted octanol–water partition coefficient (Wildman–Crippen LogP) is 2.31.